The van der Waals surface area contributed by atoms with Crippen LogP contribution in [0.3, 0.4) is 0 Å². The fraction of sp³-hybridized carbons (Fsp3) is 0.105. The topological polar surface area (TPSA) is 55.6 Å². The summed E-state index contributed by atoms with van der Waals surface area (Å²) in [5.74, 6) is 3.34. The van der Waals surface area contributed by atoms with Crippen LogP contribution in [0, 0.1) is 19.3 Å². The molecular weight excluding hydrogens is 330 g/mol. The zero-order chi connectivity index (χ0) is 17.2. The second kappa shape index (κ2) is 6.38. The lowest BCUT2D eigenvalue weighted by Crippen LogP contribution is -1.96. The molecule has 0 bridgehead atoms. The quantitative estimate of drug-likeness (QED) is 0.562. The zero-order valence-corrected chi connectivity index (χ0v) is 14.4. The van der Waals surface area contributed by atoms with Crippen LogP contribution in [-0.2, 0) is 6.54 Å². The van der Waals surface area contributed by atoms with Crippen LogP contribution in [0.2, 0.25) is 0 Å². The van der Waals surface area contributed by atoms with Crippen molar-refractivity contribution in [1.29, 1.82) is 0 Å². The Balaban J connectivity index is 1.77. The Kier molecular flexibility index (Phi) is 3.92. The van der Waals surface area contributed by atoms with E-state index >= 15 is 0 Å². The van der Waals surface area contributed by atoms with E-state index in [2.05, 4.69) is 62.9 Å². The molecule has 0 unspecified atom stereocenters. The first kappa shape index (κ1) is 15.4. The van der Waals surface area contributed by atoms with E-state index in [9.17, 15) is 0 Å². The van der Waals surface area contributed by atoms with E-state index in [1.54, 1.807) is 28.5 Å². The average molecular weight is 345 g/mol. The number of aryl methyl sites for hydroxylation is 1. The highest BCUT2D eigenvalue weighted by molar-refractivity contribution is 7.17. The van der Waals surface area contributed by atoms with Gasteiger partial charge in [-0.25, -0.2) is 9.97 Å². The van der Waals surface area contributed by atoms with E-state index in [4.69, 9.17) is 6.42 Å². The summed E-state index contributed by atoms with van der Waals surface area (Å²) in [6, 6.07) is 8.47. The number of rotatable bonds is 4. The summed E-state index contributed by atoms with van der Waals surface area (Å²) in [6.45, 7) is 2.52. The number of nitrogens with zero attached hydrogens (tertiary/aromatic N) is 4. The molecule has 0 spiro atoms. The smallest absolute Gasteiger partial charge is 0.143 e. The van der Waals surface area contributed by atoms with E-state index in [1.807, 2.05) is 6.20 Å². The predicted octanol–water partition coefficient (Wildman–Crippen LogP) is 4.24. The van der Waals surface area contributed by atoms with Gasteiger partial charge in [-0.3, -0.25) is 4.68 Å². The minimum atomic E-state index is 0.438. The van der Waals surface area contributed by atoms with Crippen LogP contribution < -0.4 is 5.32 Å². The Bertz CT molecular complexity index is 1070. The standard InChI is InChI=1S/C19H15N5S/c1-3-8-24-10-15(9-22-24)23-18-17-16(11-25-19(17)21-12-20-18)14-6-4-13(2)5-7-14/h1,4-7,9-12H,8H2,2H3,(H,20,21,23). The number of hydrogen-bond donors (Lipinski definition) is 1. The summed E-state index contributed by atoms with van der Waals surface area (Å²) in [5, 5.41) is 10.7. The lowest BCUT2D eigenvalue weighted by atomic mass is 10.0. The molecule has 0 fully saturated rings. The van der Waals surface area contributed by atoms with E-state index in [1.165, 1.54) is 5.56 Å². The highest BCUT2D eigenvalue weighted by Gasteiger charge is 2.13. The Morgan fingerprint density at radius 1 is 1.24 bits per heavy atom. The molecule has 4 rings (SSSR count). The van der Waals surface area contributed by atoms with Gasteiger partial charge in [-0.2, -0.15) is 5.10 Å². The van der Waals surface area contributed by atoms with Crippen molar-refractivity contribution in [3.05, 3.63) is 53.9 Å². The van der Waals surface area contributed by atoms with E-state index < -0.39 is 0 Å². The highest BCUT2D eigenvalue weighted by Crippen LogP contribution is 2.37. The molecule has 4 aromatic rings. The van der Waals surface area contributed by atoms with Crippen LogP contribution in [0.15, 0.2) is 48.4 Å². The fourth-order valence-corrected chi connectivity index (χ4v) is 3.58. The van der Waals surface area contributed by atoms with Crippen LogP contribution in [0.25, 0.3) is 21.3 Å². The molecule has 0 aliphatic rings. The maximum Gasteiger partial charge on any atom is 0.143 e. The molecular formula is C19H15N5S. The Hall–Kier alpha value is -3.17. The molecule has 1 N–H and O–H groups in total. The van der Waals surface area contributed by atoms with Gasteiger partial charge in [-0.15, -0.1) is 17.8 Å². The van der Waals surface area contributed by atoms with Crippen LogP contribution >= 0.6 is 11.3 Å². The number of nitrogens with one attached hydrogen (secondary N) is 1. The molecule has 0 saturated carbocycles. The lowest BCUT2D eigenvalue weighted by Gasteiger charge is -2.07. The fourth-order valence-electron chi connectivity index (χ4n) is 2.66. The molecule has 3 heterocycles. The molecule has 5 nitrogen and oxygen atoms in total. The summed E-state index contributed by atoms with van der Waals surface area (Å²) < 4.78 is 1.70. The number of fused-ring (bicyclic) bond motifs is 1. The number of thiophene rings is 1. The molecule has 0 aliphatic carbocycles. The number of terminal acetylenes is 1. The van der Waals surface area contributed by atoms with E-state index in [0.717, 1.165) is 32.8 Å². The van der Waals surface area contributed by atoms with Gasteiger partial charge in [0.1, 0.15) is 23.5 Å². The van der Waals surface area contributed by atoms with Gasteiger partial charge in [0.2, 0.25) is 0 Å². The molecule has 1 aromatic carbocycles. The van der Waals surface area contributed by atoms with Gasteiger partial charge in [-0.05, 0) is 12.5 Å². The normalized spacial score (nSPS) is 10.7. The monoisotopic (exact) mass is 345 g/mol. The van der Waals surface area contributed by atoms with Crippen molar-refractivity contribution >= 4 is 33.1 Å². The van der Waals surface area contributed by atoms with Gasteiger partial charge in [0.15, 0.2) is 0 Å². The molecule has 0 amide bonds. The van der Waals surface area contributed by atoms with Crippen LogP contribution in [0.1, 0.15) is 5.56 Å². The molecule has 0 aliphatic heterocycles. The van der Waals surface area contributed by atoms with Crippen molar-refractivity contribution in [1.82, 2.24) is 19.7 Å². The van der Waals surface area contributed by atoms with Gasteiger partial charge in [0, 0.05) is 17.1 Å². The summed E-state index contributed by atoms with van der Waals surface area (Å²) >= 11 is 1.61. The maximum absolute atomic E-state index is 5.33. The van der Waals surface area contributed by atoms with Gasteiger partial charge in [0.25, 0.3) is 0 Å². The first-order valence-corrected chi connectivity index (χ1v) is 8.65. The summed E-state index contributed by atoms with van der Waals surface area (Å²) in [4.78, 5) is 9.79. The minimum Gasteiger partial charge on any atom is -0.337 e. The van der Waals surface area contributed by atoms with Crippen molar-refractivity contribution in [2.75, 3.05) is 5.32 Å². The predicted molar refractivity (Wildman–Crippen MR) is 102 cm³/mol. The van der Waals surface area contributed by atoms with Gasteiger partial charge in [0.05, 0.1) is 17.3 Å². The van der Waals surface area contributed by atoms with Gasteiger partial charge in [-0.1, -0.05) is 35.7 Å². The summed E-state index contributed by atoms with van der Waals surface area (Å²) in [5.41, 5.74) is 4.35. The second-order valence-corrected chi connectivity index (χ2v) is 6.53. The lowest BCUT2D eigenvalue weighted by molar-refractivity contribution is 0.716. The average Bonchev–Trinajstić information content (AvgIpc) is 3.24. The number of anilines is 2. The van der Waals surface area contributed by atoms with Crippen LogP contribution in [0.4, 0.5) is 11.5 Å². The Labute approximate surface area is 149 Å². The molecule has 25 heavy (non-hydrogen) atoms. The van der Waals surface area contributed by atoms with Gasteiger partial charge >= 0.3 is 0 Å². The van der Waals surface area contributed by atoms with Crippen molar-refractivity contribution in [3.8, 4) is 23.5 Å². The Morgan fingerprint density at radius 2 is 2.08 bits per heavy atom. The SMILES string of the molecule is C#CCn1cc(Nc2ncnc3scc(-c4ccc(C)cc4)c23)cn1. The minimum absolute atomic E-state index is 0.438. The second-order valence-electron chi connectivity index (χ2n) is 5.67. The molecule has 0 radical (unpaired) electrons. The maximum atomic E-state index is 5.33. The molecule has 0 saturated heterocycles. The summed E-state index contributed by atoms with van der Waals surface area (Å²) in [7, 11) is 0. The third-order valence-corrected chi connectivity index (χ3v) is 4.77. The number of aromatic nitrogens is 4. The van der Waals surface area contributed by atoms with E-state index in [0.29, 0.717) is 6.54 Å². The van der Waals surface area contributed by atoms with Crippen molar-refractivity contribution in [2.45, 2.75) is 13.5 Å². The first-order valence-electron chi connectivity index (χ1n) is 7.77. The van der Waals surface area contributed by atoms with Crippen molar-refractivity contribution in [2.24, 2.45) is 0 Å². The van der Waals surface area contributed by atoms with Crippen molar-refractivity contribution in [3.63, 3.8) is 0 Å². The third-order valence-electron chi connectivity index (χ3n) is 3.88. The van der Waals surface area contributed by atoms with Crippen molar-refractivity contribution < 1.29 is 0 Å². The highest BCUT2D eigenvalue weighted by atomic mass is 32.1. The molecule has 6 heteroatoms. The zero-order valence-electron chi connectivity index (χ0n) is 13.6. The summed E-state index contributed by atoms with van der Waals surface area (Å²) in [6.07, 6.45) is 10.5. The Morgan fingerprint density at radius 3 is 2.88 bits per heavy atom. The number of benzene rings is 1. The molecule has 0 atom stereocenters. The van der Waals surface area contributed by atoms with Gasteiger partial charge < -0.3 is 5.32 Å². The van der Waals surface area contributed by atoms with E-state index in [-0.39, 0.29) is 0 Å². The number of hydrogen-bond acceptors (Lipinski definition) is 5. The molecule has 3 aromatic heterocycles. The van der Waals surface area contributed by atoms with Crippen LogP contribution in [-0.4, -0.2) is 19.7 Å². The molecule has 122 valence electrons. The van der Waals surface area contributed by atoms with Crippen LogP contribution in [0.5, 0.6) is 0 Å². The first-order chi connectivity index (χ1) is 12.2. The largest absolute Gasteiger partial charge is 0.337 e. The third kappa shape index (κ3) is 2.97.